The topological polar surface area (TPSA) is 198 Å². The number of hydrogen-bond donors (Lipinski definition) is 8. The zero-order valence-electron chi connectivity index (χ0n) is 45.2. The fourth-order valence-electron chi connectivity index (χ4n) is 19.9. The molecule has 11 heteroatoms. The second kappa shape index (κ2) is 19.5. The highest BCUT2D eigenvalue weighted by Gasteiger charge is 2.76. The first-order valence-electron chi connectivity index (χ1n) is 29.2. The molecule has 18 atom stereocenters. The number of rotatable bonds is 13. The van der Waals surface area contributed by atoms with E-state index in [0.29, 0.717) is 64.0 Å². The van der Waals surface area contributed by atoms with Crippen LogP contribution in [0.15, 0.2) is 65.8 Å². The predicted molar refractivity (Wildman–Crippen MR) is 288 cm³/mol. The van der Waals surface area contributed by atoms with Crippen LogP contribution in [0, 0.1) is 63.1 Å². The number of anilines is 1. The molecule has 7 fully saturated rings. The van der Waals surface area contributed by atoms with Crippen molar-refractivity contribution in [3.8, 4) is 5.75 Å². The second-order valence-electron chi connectivity index (χ2n) is 26.8. The number of fused-ring (bicyclic) bond motifs is 5. The van der Waals surface area contributed by atoms with Gasteiger partial charge in [0.15, 0.2) is 5.78 Å². The number of aliphatic hydroxyl groups is 4. The largest absolute Gasteiger partial charge is 0.508 e. The van der Waals surface area contributed by atoms with E-state index in [9.17, 15) is 25.5 Å². The summed E-state index contributed by atoms with van der Waals surface area (Å²) < 4.78 is 6.73. The average molecular weight is 1020 g/mol. The molecule has 5 saturated carbocycles. The number of aromatic hydroxyl groups is 1. The van der Waals surface area contributed by atoms with Crippen LogP contribution in [0.1, 0.15) is 172 Å². The van der Waals surface area contributed by atoms with Gasteiger partial charge in [-0.1, -0.05) is 75.5 Å². The van der Waals surface area contributed by atoms with Crippen molar-refractivity contribution in [1.82, 2.24) is 10.6 Å². The van der Waals surface area contributed by atoms with Crippen molar-refractivity contribution < 1.29 is 39.9 Å². The summed E-state index contributed by atoms with van der Waals surface area (Å²) in [5.74, 6) is 0.440. The van der Waals surface area contributed by atoms with Gasteiger partial charge in [-0.05, 0) is 209 Å². The Morgan fingerprint density at radius 3 is 2.51 bits per heavy atom. The number of ketones is 2. The number of benzene rings is 2. The number of phenolic OH excluding ortho intramolecular Hbond substituents is 1. The summed E-state index contributed by atoms with van der Waals surface area (Å²) in [7, 11) is 1.90. The minimum Gasteiger partial charge on any atom is -0.508 e. The van der Waals surface area contributed by atoms with Gasteiger partial charge in [-0.25, -0.2) is 0 Å². The van der Waals surface area contributed by atoms with Gasteiger partial charge in [0.1, 0.15) is 17.6 Å². The van der Waals surface area contributed by atoms with Crippen LogP contribution in [-0.4, -0.2) is 93.4 Å². The number of nitrogen functional groups attached to an aromatic ring is 1. The molecule has 12 rings (SSSR count). The number of aliphatic hydroxyl groups excluding tert-OH is 3. The van der Waals surface area contributed by atoms with Crippen molar-refractivity contribution in [3.05, 3.63) is 82.5 Å². The molecule has 9 N–H and O–H groups in total. The number of carbonyl (C=O) groups is 2. The molecular formula is C63H89N3O8. The van der Waals surface area contributed by atoms with Crippen molar-refractivity contribution in [3.63, 3.8) is 0 Å². The third-order valence-corrected chi connectivity index (χ3v) is 22.9. The van der Waals surface area contributed by atoms with Gasteiger partial charge in [-0.15, -0.1) is 0 Å². The van der Waals surface area contributed by atoms with Crippen LogP contribution in [-0.2, 0) is 20.9 Å². The third-order valence-electron chi connectivity index (χ3n) is 22.9. The first kappa shape index (κ1) is 52.6. The number of nitrogens with one attached hydrogen (secondary N) is 2. The second-order valence-corrected chi connectivity index (χ2v) is 26.8. The van der Waals surface area contributed by atoms with Gasteiger partial charge < -0.3 is 46.6 Å². The third kappa shape index (κ3) is 8.27. The predicted octanol–water partition coefficient (Wildman–Crippen LogP) is 9.19. The lowest BCUT2D eigenvalue weighted by Crippen LogP contribution is -2.73. The average Bonchev–Trinajstić information content (AvgIpc) is 3.86. The molecule has 74 heavy (non-hydrogen) atoms. The lowest BCUT2D eigenvalue weighted by atomic mass is 9.31. The molecule has 404 valence electrons. The SMILES string of the molecule is CNCc1cc(O)cc([C@H]2C(=O)[C@]34CC=C[C@@H]2[C@@]2(C)[C@H]5CCC6=C([C@@H](C[C@@H](O)[C@H]7O[C@]7(C)[C@H]7CCC[C@@H]7c7cccc(N)c7)[C@H]7CCC[C@H](CO)C7)C(=O)C[C@]6(C)[C@@]5(CCO)C[C@@H](NC[C@](C)(O)CCCC3)[C@@H]42)c1. The van der Waals surface area contributed by atoms with Crippen LogP contribution >= 0.6 is 0 Å². The first-order valence-corrected chi connectivity index (χ1v) is 29.2. The van der Waals surface area contributed by atoms with E-state index in [-0.39, 0.29) is 84.1 Å². The molecule has 2 aromatic carbocycles. The van der Waals surface area contributed by atoms with Gasteiger partial charge in [0.25, 0.3) is 0 Å². The summed E-state index contributed by atoms with van der Waals surface area (Å²) in [6, 6.07) is 13.8. The zero-order chi connectivity index (χ0) is 52.2. The molecule has 10 aliphatic rings. The highest BCUT2D eigenvalue weighted by molar-refractivity contribution is 6.01. The highest BCUT2D eigenvalue weighted by atomic mass is 16.6. The standard InChI is InChI=1S/C63H89N3O8/c1-58(73)21-6-7-22-62-23-11-18-48(53(56(62)72)41-27-38(34-65-5)28-43(69)30-41)60(3)52-20-19-47-54(51(71)33-59(47,2)63(52,24-25-67)32-49(55(60)62)66-36-58)45(39-13-8-12-37(26-39)35-68)31-50(70)57-61(4,74-57)46-17-10-16-44(46)40-14-9-15-42(64)29-40/h9,11,14-15,18,27-30,37,39,44-46,48-50,52-53,55,57,65-70,73H,6-8,10,12-13,16-17,19-26,31-36,64H2,1-5H3/t37-,39-,44+,45-,46-,48-,49+,50+,52+,53+,55+,57+,58+,59-,60-,61+,62-,63-/m0/s1. The van der Waals surface area contributed by atoms with Gasteiger partial charge in [0, 0.05) is 55.3 Å². The van der Waals surface area contributed by atoms with Crippen LogP contribution in [0.25, 0.3) is 0 Å². The normalized spacial score (nSPS) is 43.6. The van der Waals surface area contributed by atoms with Gasteiger partial charge >= 0.3 is 0 Å². The molecule has 1 spiro atoms. The van der Waals surface area contributed by atoms with E-state index < -0.39 is 44.9 Å². The van der Waals surface area contributed by atoms with E-state index in [0.717, 1.165) is 93.0 Å². The Balaban J connectivity index is 1.02. The van der Waals surface area contributed by atoms with Crippen molar-refractivity contribution >= 4 is 17.3 Å². The molecule has 2 heterocycles. The van der Waals surface area contributed by atoms with Crippen molar-refractivity contribution in [2.24, 2.45) is 63.1 Å². The summed E-state index contributed by atoms with van der Waals surface area (Å²) >= 11 is 0. The molecule has 2 aliphatic heterocycles. The van der Waals surface area contributed by atoms with Crippen LogP contribution in [0.3, 0.4) is 0 Å². The Labute approximate surface area is 441 Å². The minimum atomic E-state index is -0.949. The van der Waals surface area contributed by atoms with Gasteiger partial charge in [-0.3, -0.25) is 9.59 Å². The maximum absolute atomic E-state index is 16.1. The number of carbonyl (C=O) groups excluding carboxylic acids is 2. The number of ether oxygens (including phenoxy) is 1. The smallest absolute Gasteiger partial charge is 0.160 e. The minimum absolute atomic E-state index is 0.0312. The molecule has 8 aliphatic carbocycles. The van der Waals surface area contributed by atoms with E-state index in [1.165, 1.54) is 11.1 Å². The zero-order valence-corrected chi connectivity index (χ0v) is 45.2. The molecule has 0 aromatic heterocycles. The van der Waals surface area contributed by atoms with E-state index in [1.54, 1.807) is 6.07 Å². The molecule has 2 aromatic rings. The Hall–Kier alpha value is -3.42. The van der Waals surface area contributed by atoms with E-state index in [4.69, 9.17) is 10.5 Å². The number of phenols is 1. The molecular weight excluding hydrogens is 927 g/mol. The number of epoxide rings is 1. The van der Waals surface area contributed by atoms with Crippen LogP contribution in [0.2, 0.25) is 0 Å². The number of β-amino-alcohol motifs (C(OH)–C–C–N with tert-alkyl or cyclic N) is 1. The molecule has 2 bridgehead atoms. The van der Waals surface area contributed by atoms with E-state index in [2.05, 4.69) is 61.8 Å². The fourth-order valence-corrected chi connectivity index (χ4v) is 19.9. The Morgan fingerprint density at radius 2 is 1.74 bits per heavy atom. The molecule has 0 amide bonds. The molecule has 11 nitrogen and oxygen atoms in total. The van der Waals surface area contributed by atoms with Gasteiger partial charge in [0.2, 0.25) is 0 Å². The molecule has 2 saturated heterocycles. The first-order chi connectivity index (χ1) is 35.4. The quantitative estimate of drug-likeness (QED) is 0.0541. The summed E-state index contributed by atoms with van der Waals surface area (Å²) in [4.78, 5) is 31.8. The molecule has 0 radical (unpaired) electrons. The van der Waals surface area contributed by atoms with Crippen LogP contribution in [0.5, 0.6) is 5.75 Å². The van der Waals surface area contributed by atoms with Crippen molar-refractivity contribution in [2.75, 3.05) is 32.5 Å². The van der Waals surface area contributed by atoms with Gasteiger partial charge in [0.05, 0.1) is 23.2 Å². The Morgan fingerprint density at radius 1 is 0.946 bits per heavy atom. The fraction of sp³-hybridized carbons (Fsp3) is 0.714. The summed E-state index contributed by atoms with van der Waals surface area (Å²) in [5.41, 5.74) is 8.39. The monoisotopic (exact) mass is 1020 g/mol. The lowest BCUT2D eigenvalue weighted by Gasteiger charge is -2.73. The lowest BCUT2D eigenvalue weighted by molar-refractivity contribution is -0.220. The Kier molecular flexibility index (Phi) is 13.9. The van der Waals surface area contributed by atoms with Crippen LogP contribution in [0.4, 0.5) is 5.69 Å². The number of hydrogen-bond acceptors (Lipinski definition) is 11. The van der Waals surface area contributed by atoms with E-state index >= 15 is 9.59 Å². The maximum Gasteiger partial charge on any atom is 0.160 e. The van der Waals surface area contributed by atoms with E-state index in [1.807, 2.05) is 32.2 Å². The summed E-state index contributed by atoms with van der Waals surface area (Å²) in [6.45, 7) is 9.96. The maximum atomic E-state index is 16.1. The van der Waals surface area contributed by atoms with Crippen molar-refractivity contribution in [2.45, 2.75) is 191 Å². The van der Waals surface area contributed by atoms with Crippen molar-refractivity contribution in [1.29, 1.82) is 0 Å². The number of allylic oxidation sites excluding steroid dienone is 4. The summed E-state index contributed by atoms with van der Waals surface area (Å²) in [6.07, 6.45) is 17.5. The summed E-state index contributed by atoms with van der Waals surface area (Å²) in [5, 5.41) is 65.5. The number of nitrogens with two attached hydrogens (primary N) is 1. The van der Waals surface area contributed by atoms with Gasteiger partial charge in [-0.2, -0.15) is 0 Å². The Bertz CT molecular complexity index is 2540. The molecule has 0 unspecified atom stereocenters. The van der Waals surface area contributed by atoms with Crippen LogP contribution < -0.4 is 16.4 Å². The highest BCUT2D eigenvalue weighted by Crippen LogP contribution is 2.79. The number of Topliss-reactive ketones (excluding diaryl/α,β-unsaturated/α-hetero) is 2.